The Morgan fingerprint density at radius 1 is 0.706 bits per heavy atom. The minimum Gasteiger partial charge on any atom is -0.147 e. The molecule has 0 radical (unpaired) electrons. The predicted molar refractivity (Wildman–Crippen MR) is 70.8 cm³/mol. The van der Waals surface area contributed by atoms with E-state index in [4.69, 9.17) is 0 Å². The molecule has 17 heavy (non-hydrogen) atoms. The maximum atomic E-state index is 4.06. The molecular formula is C14H10N2S. The lowest BCUT2D eigenvalue weighted by Gasteiger charge is -2.02. The molecule has 1 aromatic heterocycles. The summed E-state index contributed by atoms with van der Waals surface area (Å²) in [7, 11) is 0. The summed E-state index contributed by atoms with van der Waals surface area (Å²) < 4.78 is 0. The molecule has 3 heteroatoms. The highest BCUT2D eigenvalue weighted by atomic mass is 32.1. The minimum atomic E-state index is 0.963. The van der Waals surface area contributed by atoms with Crippen LogP contribution in [-0.4, -0.2) is 10.2 Å². The molecule has 1 heterocycles. The first-order valence-electron chi connectivity index (χ1n) is 5.35. The summed E-state index contributed by atoms with van der Waals surface area (Å²) >= 11 is 1.56. The number of nitrogens with zero attached hydrogens (tertiary/aromatic N) is 2. The van der Waals surface area contributed by atoms with Crippen LogP contribution in [0.5, 0.6) is 0 Å². The van der Waals surface area contributed by atoms with Crippen molar-refractivity contribution in [2.75, 3.05) is 0 Å². The summed E-state index contributed by atoms with van der Waals surface area (Å²) in [6, 6.07) is 18.8. The first-order chi connectivity index (χ1) is 8.43. The summed E-state index contributed by atoms with van der Waals surface area (Å²) in [5.41, 5.74) is 5.32. The molecule has 0 fully saturated rings. The average molecular weight is 238 g/mol. The van der Waals surface area contributed by atoms with Crippen LogP contribution in [0.2, 0.25) is 0 Å². The predicted octanol–water partition coefficient (Wildman–Crippen LogP) is 3.87. The van der Waals surface area contributed by atoms with Gasteiger partial charge in [0.1, 0.15) is 10.5 Å². The van der Waals surface area contributed by atoms with Gasteiger partial charge in [-0.1, -0.05) is 65.9 Å². The fraction of sp³-hybridized carbons (Fsp3) is 0. The van der Waals surface area contributed by atoms with E-state index in [1.165, 1.54) is 11.1 Å². The second kappa shape index (κ2) is 4.47. The van der Waals surface area contributed by atoms with Gasteiger partial charge >= 0.3 is 0 Å². The molecule has 0 aliphatic heterocycles. The smallest absolute Gasteiger partial charge is 0.147 e. The largest absolute Gasteiger partial charge is 0.147 e. The monoisotopic (exact) mass is 238 g/mol. The Bertz CT molecular complexity index is 586. The molecule has 3 rings (SSSR count). The summed E-state index contributed by atoms with van der Waals surface area (Å²) in [6.07, 6.45) is 0. The second-order valence-corrected chi connectivity index (χ2v) is 4.52. The standard InChI is InChI=1S/C14H10N2S/c1-2-4-11(5-3-1)12-6-8-13(9-7-12)14-16-15-10-17-14/h1-10H. The molecule has 0 spiro atoms. The highest BCUT2D eigenvalue weighted by Crippen LogP contribution is 2.25. The first kappa shape index (κ1) is 10.2. The van der Waals surface area contributed by atoms with Crippen LogP contribution in [0.3, 0.4) is 0 Å². The van der Waals surface area contributed by atoms with E-state index in [2.05, 4.69) is 46.6 Å². The molecule has 2 nitrogen and oxygen atoms in total. The van der Waals surface area contributed by atoms with Gasteiger partial charge in [0.25, 0.3) is 0 Å². The van der Waals surface area contributed by atoms with Gasteiger partial charge in [-0.25, -0.2) is 0 Å². The first-order valence-corrected chi connectivity index (χ1v) is 6.23. The van der Waals surface area contributed by atoms with Gasteiger partial charge in [0, 0.05) is 5.56 Å². The van der Waals surface area contributed by atoms with E-state index in [9.17, 15) is 0 Å². The minimum absolute atomic E-state index is 0.963. The van der Waals surface area contributed by atoms with E-state index in [-0.39, 0.29) is 0 Å². The summed E-state index contributed by atoms with van der Waals surface area (Å²) in [6.45, 7) is 0. The summed E-state index contributed by atoms with van der Waals surface area (Å²) in [5, 5.41) is 8.87. The molecular weight excluding hydrogens is 228 g/mol. The topological polar surface area (TPSA) is 25.8 Å². The molecule has 0 aliphatic rings. The van der Waals surface area contributed by atoms with E-state index in [1.54, 1.807) is 16.8 Å². The van der Waals surface area contributed by atoms with Gasteiger partial charge in [-0.2, -0.15) is 0 Å². The SMILES string of the molecule is c1ccc(-c2ccc(-c3nncs3)cc2)cc1. The van der Waals surface area contributed by atoms with Crippen molar-refractivity contribution in [1.82, 2.24) is 10.2 Å². The van der Waals surface area contributed by atoms with Gasteiger partial charge in [-0.3, -0.25) is 0 Å². The van der Waals surface area contributed by atoms with Crippen molar-refractivity contribution in [3.63, 3.8) is 0 Å². The second-order valence-electron chi connectivity index (χ2n) is 3.69. The van der Waals surface area contributed by atoms with Crippen molar-refractivity contribution in [3.05, 3.63) is 60.1 Å². The zero-order valence-electron chi connectivity index (χ0n) is 9.08. The molecule has 0 unspecified atom stereocenters. The van der Waals surface area contributed by atoms with E-state index in [1.807, 2.05) is 18.2 Å². The normalized spacial score (nSPS) is 10.4. The van der Waals surface area contributed by atoms with Crippen molar-refractivity contribution in [2.24, 2.45) is 0 Å². The maximum absolute atomic E-state index is 4.06. The highest BCUT2D eigenvalue weighted by molar-refractivity contribution is 7.12. The van der Waals surface area contributed by atoms with Gasteiger partial charge in [-0.15, -0.1) is 10.2 Å². The van der Waals surface area contributed by atoms with Gasteiger partial charge < -0.3 is 0 Å². The van der Waals surface area contributed by atoms with Crippen molar-refractivity contribution in [3.8, 4) is 21.7 Å². The van der Waals surface area contributed by atoms with Crippen LogP contribution in [0, 0.1) is 0 Å². The quantitative estimate of drug-likeness (QED) is 0.677. The van der Waals surface area contributed by atoms with E-state index in [0.29, 0.717) is 0 Å². The van der Waals surface area contributed by atoms with Crippen LogP contribution in [0.1, 0.15) is 0 Å². The Kier molecular flexibility index (Phi) is 2.68. The third-order valence-corrected chi connectivity index (χ3v) is 3.34. The molecule has 0 amide bonds. The van der Waals surface area contributed by atoms with Crippen LogP contribution in [0.15, 0.2) is 60.1 Å². The molecule has 82 valence electrons. The summed E-state index contributed by atoms with van der Waals surface area (Å²) in [4.78, 5) is 0. The zero-order valence-corrected chi connectivity index (χ0v) is 9.89. The lowest BCUT2D eigenvalue weighted by Crippen LogP contribution is -1.79. The molecule has 0 saturated carbocycles. The molecule has 0 N–H and O–H groups in total. The van der Waals surface area contributed by atoms with Gasteiger partial charge in [0.05, 0.1) is 0 Å². The average Bonchev–Trinajstić information content (AvgIpc) is 2.94. The molecule has 0 aliphatic carbocycles. The Balaban J connectivity index is 1.96. The lowest BCUT2D eigenvalue weighted by molar-refractivity contribution is 1.10. The Morgan fingerprint density at radius 2 is 1.35 bits per heavy atom. The Morgan fingerprint density at radius 3 is 2.00 bits per heavy atom. The number of hydrogen-bond acceptors (Lipinski definition) is 3. The fourth-order valence-electron chi connectivity index (χ4n) is 1.73. The molecule has 2 aromatic carbocycles. The van der Waals surface area contributed by atoms with Crippen LogP contribution >= 0.6 is 11.3 Å². The van der Waals surface area contributed by atoms with Gasteiger partial charge in [-0.05, 0) is 11.1 Å². The van der Waals surface area contributed by atoms with Crippen molar-refractivity contribution < 1.29 is 0 Å². The van der Waals surface area contributed by atoms with Crippen molar-refractivity contribution in [2.45, 2.75) is 0 Å². The Labute approximate surface area is 104 Å². The highest BCUT2D eigenvalue weighted by Gasteiger charge is 2.01. The zero-order chi connectivity index (χ0) is 11.5. The molecule has 0 saturated heterocycles. The maximum Gasteiger partial charge on any atom is 0.147 e. The molecule has 3 aromatic rings. The number of rotatable bonds is 2. The number of hydrogen-bond donors (Lipinski definition) is 0. The van der Waals surface area contributed by atoms with Gasteiger partial charge in [0.2, 0.25) is 0 Å². The van der Waals surface area contributed by atoms with Gasteiger partial charge in [0.15, 0.2) is 0 Å². The number of benzene rings is 2. The fourth-order valence-corrected chi connectivity index (χ4v) is 2.30. The lowest BCUT2D eigenvalue weighted by atomic mass is 10.0. The third kappa shape index (κ3) is 2.10. The molecule has 0 bridgehead atoms. The van der Waals surface area contributed by atoms with E-state index < -0.39 is 0 Å². The van der Waals surface area contributed by atoms with Crippen LogP contribution in [0.25, 0.3) is 21.7 Å². The van der Waals surface area contributed by atoms with E-state index >= 15 is 0 Å². The van der Waals surface area contributed by atoms with Crippen LogP contribution < -0.4 is 0 Å². The summed E-state index contributed by atoms with van der Waals surface area (Å²) in [5.74, 6) is 0. The third-order valence-electron chi connectivity index (χ3n) is 2.60. The van der Waals surface area contributed by atoms with E-state index in [0.717, 1.165) is 10.6 Å². The van der Waals surface area contributed by atoms with Crippen LogP contribution in [-0.2, 0) is 0 Å². The molecule has 0 atom stereocenters. The number of aromatic nitrogens is 2. The van der Waals surface area contributed by atoms with Crippen molar-refractivity contribution >= 4 is 11.3 Å². The van der Waals surface area contributed by atoms with Crippen LogP contribution in [0.4, 0.5) is 0 Å². The Hall–Kier alpha value is -2.00. The van der Waals surface area contributed by atoms with Crippen molar-refractivity contribution in [1.29, 1.82) is 0 Å².